The average molecular weight is 310 g/mol. The van der Waals surface area contributed by atoms with E-state index in [-0.39, 0.29) is 5.54 Å². The molecule has 108 valence electrons. The van der Waals surface area contributed by atoms with Gasteiger partial charge in [0.25, 0.3) is 0 Å². The van der Waals surface area contributed by atoms with Gasteiger partial charge in [-0.3, -0.25) is 11.3 Å². The molecule has 0 saturated carbocycles. The van der Waals surface area contributed by atoms with Crippen LogP contribution >= 0.6 is 25.8 Å². The summed E-state index contributed by atoms with van der Waals surface area (Å²) >= 11 is 7.75. The molecule has 0 fully saturated rings. The average Bonchev–Trinajstić information content (AvgIpc) is 2.52. The number of rotatable bonds is 5. The van der Waals surface area contributed by atoms with Crippen LogP contribution in [0.25, 0.3) is 10.8 Å². The third-order valence-electron chi connectivity index (χ3n) is 3.77. The zero-order valence-corrected chi connectivity index (χ0v) is 13.2. The molecule has 20 heavy (non-hydrogen) atoms. The minimum atomic E-state index is -0.345. The molecule has 0 saturated heterocycles. The third kappa shape index (κ3) is 2.56. The van der Waals surface area contributed by atoms with Gasteiger partial charge in [-0.1, -0.05) is 13.0 Å². The van der Waals surface area contributed by atoms with Gasteiger partial charge in [-0.15, -0.1) is 0 Å². The molecule has 0 bridgehead atoms. The number of nitrogens with one attached hydrogen (secondary N) is 1. The SMILES string of the molecule is CCC(C)(NN)c1ccc(OS)c2ccc(OS)cc12. The van der Waals surface area contributed by atoms with Crippen molar-refractivity contribution in [2.75, 3.05) is 0 Å². The zero-order valence-electron chi connectivity index (χ0n) is 11.4. The lowest BCUT2D eigenvalue weighted by Crippen LogP contribution is -2.43. The summed E-state index contributed by atoms with van der Waals surface area (Å²) in [4.78, 5) is 0. The summed E-state index contributed by atoms with van der Waals surface area (Å²) in [5.74, 6) is 7.09. The molecule has 2 aromatic carbocycles. The first kappa shape index (κ1) is 15.3. The minimum absolute atomic E-state index is 0.345. The van der Waals surface area contributed by atoms with Gasteiger partial charge in [-0.25, -0.2) is 0 Å². The molecule has 1 unspecified atom stereocenters. The monoisotopic (exact) mass is 310 g/mol. The lowest BCUT2D eigenvalue weighted by atomic mass is 9.86. The van der Waals surface area contributed by atoms with Gasteiger partial charge in [0.2, 0.25) is 0 Å². The summed E-state index contributed by atoms with van der Waals surface area (Å²) in [6, 6.07) is 9.53. The standard InChI is InChI=1S/C14H18N2O2S2/c1-3-14(2,16-15)12-6-7-13(18-20)10-5-4-9(17-19)8-11(10)12/h4-8,16,19-20H,3,15H2,1-2H3. The van der Waals surface area contributed by atoms with Crippen LogP contribution in [-0.2, 0) is 5.54 Å². The summed E-state index contributed by atoms with van der Waals surface area (Å²) in [5.41, 5.74) is 3.62. The molecule has 6 heteroatoms. The van der Waals surface area contributed by atoms with Gasteiger partial charge < -0.3 is 8.37 Å². The van der Waals surface area contributed by atoms with E-state index < -0.39 is 0 Å². The summed E-state index contributed by atoms with van der Waals surface area (Å²) in [7, 11) is 0. The molecule has 0 spiro atoms. The van der Waals surface area contributed by atoms with E-state index in [1.807, 2.05) is 30.3 Å². The highest BCUT2D eigenvalue weighted by molar-refractivity contribution is 7.75. The molecule has 0 radical (unpaired) electrons. The van der Waals surface area contributed by atoms with Crippen LogP contribution in [0.3, 0.4) is 0 Å². The predicted octanol–water partition coefficient (Wildman–Crippen LogP) is 3.38. The van der Waals surface area contributed by atoms with Gasteiger partial charge >= 0.3 is 0 Å². The molecule has 0 aliphatic rings. The summed E-state index contributed by atoms with van der Waals surface area (Å²) in [6.45, 7) is 4.13. The molecule has 0 heterocycles. The summed E-state index contributed by atoms with van der Waals surface area (Å²) in [6.07, 6.45) is 0.839. The van der Waals surface area contributed by atoms with Crippen LogP contribution in [0.15, 0.2) is 30.3 Å². The second-order valence-corrected chi connectivity index (χ2v) is 5.20. The van der Waals surface area contributed by atoms with Crippen molar-refractivity contribution in [1.82, 2.24) is 5.43 Å². The van der Waals surface area contributed by atoms with Gasteiger partial charge in [0.1, 0.15) is 11.5 Å². The van der Waals surface area contributed by atoms with Crippen molar-refractivity contribution >= 4 is 36.6 Å². The second-order valence-electron chi connectivity index (χ2n) is 4.83. The molecule has 3 N–H and O–H groups in total. The minimum Gasteiger partial charge on any atom is -0.429 e. The number of hydrazine groups is 1. The molecule has 4 nitrogen and oxygen atoms in total. The van der Waals surface area contributed by atoms with Crippen molar-refractivity contribution < 1.29 is 8.37 Å². The number of hydrogen-bond acceptors (Lipinski definition) is 6. The molecule has 0 aliphatic heterocycles. The normalized spacial score (nSPS) is 14.1. The smallest absolute Gasteiger partial charge is 0.144 e. The molecule has 1 atom stereocenters. The number of nitrogens with two attached hydrogens (primary N) is 1. The van der Waals surface area contributed by atoms with E-state index in [4.69, 9.17) is 14.2 Å². The number of hydrogen-bond donors (Lipinski definition) is 4. The van der Waals surface area contributed by atoms with E-state index in [0.717, 1.165) is 22.8 Å². The van der Waals surface area contributed by atoms with Gasteiger partial charge in [-0.05, 0) is 48.6 Å². The van der Waals surface area contributed by atoms with Crippen LogP contribution in [0, 0.1) is 0 Å². The van der Waals surface area contributed by atoms with Crippen LogP contribution in [0.5, 0.6) is 11.5 Å². The Morgan fingerprint density at radius 2 is 1.90 bits per heavy atom. The fourth-order valence-electron chi connectivity index (χ4n) is 2.29. The maximum absolute atomic E-state index is 5.74. The van der Waals surface area contributed by atoms with E-state index in [9.17, 15) is 0 Å². The topological polar surface area (TPSA) is 56.5 Å². The van der Waals surface area contributed by atoms with Crippen molar-refractivity contribution in [1.29, 1.82) is 0 Å². The number of benzene rings is 2. The van der Waals surface area contributed by atoms with Gasteiger partial charge in [-0.2, -0.15) is 0 Å². The quantitative estimate of drug-likeness (QED) is 0.296. The van der Waals surface area contributed by atoms with Crippen LogP contribution in [0.4, 0.5) is 0 Å². The Hall–Kier alpha value is -1.08. The highest BCUT2D eigenvalue weighted by Crippen LogP contribution is 2.37. The van der Waals surface area contributed by atoms with Gasteiger partial charge in [0, 0.05) is 31.2 Å². The Bertz CT molecular complexity index is 615. The highest BCUT2D eigenvalue weighted by atomic mass is 32.1. The Morgan fingerprint density at radius 1 is 1.15 bits per heavy atom. The Kier molecular flexibility index (Phi) is 4.70. The Morgan fingerprint density at radius 3 is 2.45 bits per heavy atom. The number of fused-ring (bicyclic) bond motifs is 1. The van der Waals surface area contributed by atoms with Crippen molar-refractivity contribution in [3.8, 4) is 11.5 Å². The van der Waals surface area contributed by atoms with Crippen LogP contribution in [0.1, 0.15) is 25.8 Å². The first-order valence-corrected chi connectivity index (χ1v) is 7.00. The first-order valence-electron chi connectivity index (χ1n) is 6.27. The molecule has 0 aromatic heterocycles. The lowest BCUT2D eigenvalue weighted by molar-refractivity contribution is 0.364. The van der Waals surface area contributed by atoms with E-state index in [1.165, 1.54) is 0 Å². The molecule has 2 rings (SSSR count). The Balaban J connectivity index is 2.78. The summed E-state index contributed by atoms with van der Waals surface area (Å²) < 4.78 is 10.1. The fraction of sp³-hybridized carbons (Fsp3) is 0.286. The van der Waals surface area contributed by atoms with E-state index >= 15 is 0 Å². The van der Waals surface area contributed by atoms with E-state index in [2.05, 4.69) is 45.1 Å². The van der Waals surface area contributed by atoms with Crippen molar-refractivity contribution in [3.63, 3.8) is 0 Å². The highest BCUT2D eigenvalue weighted by Gasteiger charge is 2.26. The zero-order chi connectivity index (χ0) is 14.8. The largest absolute Gasteiger partial charge is 0.429 e. The molecular weight excluding hydrogens is 292 g/mol. The van der Waals surface area contributed by atoms with Gasteiger partial charge in [0.15, 0.2) is 0 Å². The van der Waals surface area contributed by atoms with E-state index in [1.54, 1.807) is 0 Å². The lowest BCUT2D eigenvalue weighted by Gasteiger charge is -2.29. The van der Waals surface area contributed by atoms with Gasteiger partial charge in [0.05, 0.1) is 5.54 Å². The predicted molar refractivity (Wildman–Crippen MR) is 88.1 cm³/mol. The van der Waals surface area contributed by atoms with Crippen molar-refractivity contribution in [2.24, 2.45) is 5.84 Å². The Labute approximate surface area is 129 Å². The molecular formula is C14H18N2O2S2. The second kappa shape index (κ2) is 6.13. The maximum atomic E-state index is 5.74. The molecule has 0 aliphatic carbocycles. The van der Waals surface area contributed by atoms with Crippen LogP contribution in [-0.4, -0.2) is 0 Å². The van der Waals surface area contributed by atoms with Crippen molar-refractivity contribution in [3.05, 3.63) is 35.9 Å². The van der Waals surface area contributed by atoms with Crippen LogP contribution in [0.2, 0.25) is 0 Å². The molecule has 2 aromatic rings. The number of thiol groups is 2. The third-order valence-corrected chi connectivity index (χ3v) is 4.18. The maximum Gasteiger partial charge on any atom is 0.144 e. The van der Waals surface area contributed by atoms with Crippen molar-refractivity contribution in [2.45, 2.75) is 25.8 Å². The van der Waals surface area contributed by atoms with Crippen LogP contribution < -0.4 is 19.6 Å². The molecule has 0 amide bonds. The van der Waals surface area contributed by atoms with E-state index in [0.29, 0.717) is 11.5 Å². The summed E-state index contributed by atoms with van der Waals surface area (Å²) in [5, 5.41) is 1.94. The first-order chi connectivity index (χ1) is 9.59. The fourth-order valence-corrected chi connectivity index (χ4v) is 2.56.